The fourth-order valence-corrected chi connectivity index (χ4v) is 0.743. The van der Waals surface area contributed by atoms with E-state index in [0.717, 1.165) is 0 Å². The van der Waals surface area contributed by atoms with E-state index < -0.39 is 0 Å². The second-order valence-electron chi connectivity index (χ2n) is 3.04. The van der Waals surface area contributed by atoms with Gasteiger partial charge in [-0.3, -0.25) is 0 Å². The summed E-state index contributed by atoms with van der Waals surface area (Å²) in [6.45, 7) is 5.26. The van der Waals surface area contributed by atoms with Gasteiger partial charge in [0.1, 0.15) is 0 Å². The first kappa shape index (κ1) is 8.99. The van der Waals surface area contributed by atoms with Crippen LogP contribution < -0.4 is 5.73 Å². The number of nitrogens with zero attached hydrogens (tertiary/aromatic N) is 3. The molecular formula is C7H14N4O. The summed E-state index contributed by atoms with van der Waals surface area (Å²) in [6, 6.07) is 0. The monoisotopic (exact) mass is 170 g/mol. The summed E-state index contributed by atoms with van der Waals surface area (Å²) in [5.74, 6) is 0.945. The second kappa shape index (κ2) is 4.06. The van der Waals surface area contributed by atoms with E-state index in [1.165, 1.54) is 11.0 Å². The molecule has 0 aliphatic rings. The molecule has 0 saturated carbocycles. The predicted molar refractivity (Wildman–Crippen MR) is 45.2 cm³/mol. The molecule has 0 amide bonds. The van der Waals surface area contributed by atoms with Crippen LogP contribution in [0, 0.1) is 5.92 Å². The van der Waals surface area contributed by atoms with Crippen LogP contribution >= 0.6 is 0 Å². The van der Waals surface area contributed by atoms with Gasteiger partial charge in [0.2, 0.25) is 0 Å². The molecule has 1 rings (SSSR count). The maximum atomic E-state index is 5.36. The first-order chi connectivity index (χ1) is 5.68. The highest BCUT2D eigenvalue weighted by molar-refractivity contribution is 5.19. The fourth-order valence-electron chi connectivity index (χ4n) is 0.743. The van der Waals surface area contributed by atoms with Crippen LogP contribution in [0.3, 0.4) is 0 Å². The van der Waals surface area contributed by atoms with Gasteiger partial charge in [-0.15, -0.1) is 5.10 Å². The zero-order chi connectivity index (χ0) is 8.97. The van der Waals surface area contributed by atoms with Crippen molar-refractivity contribution >= 4 is 5.82 Å². The van der Waals surface area contributed by atoms with E-state index in [4.69, 9.17) is 10.5 Å². The second-order valence-corrected chi connectivity index (χ2v) is 3.04. The quantitative estimate of drug-likeness (QED) is 0.714. The molecule has 0 bridgehead atoms. The molecule has 0 atom stereocenters. The minimum atomic E-state index is 0.370. The Labute approximate surface area is 71.5 Å². The predicted octanol–water partition coefficient (Wildman–Crippen LogP) is 0.490. The van der Waals surface area contributed by atoms with Crippen molar-refractivity contribution in [2.45, 2.75) is 20.6 Å². The molecule has 0 aliphatic carbocycles. The molecule has 1 heterocycles. The summed E-state index contributed by atoms with van der Waals surface area (Å²) >= 11 is 0. The zero-order valence-corrected chi connectivity index (χ0v) is 7.40. The summed E-state index contributed by atoms with van der Waals surface area (Å²) in [7, 11) is 0. The summed E-state index contributed by atoms with van der Waals surface area (Å²) in [6.07, 6.45) is 1.50. The normalized spacial score (nSPS) is 10.9. The maximum Gasteiger partial charge on any atom is 0.166 e. The Morgan fingerprint density at radius 1 is 1.67 bits per heavy atom. The van der Waals surface area contributed by atoms with Gasteiger partial charge in [0.15, 0.2) is 12.5 Å². The lowest BCUT2D eigenvalue weighted by Crippen LogP contribution is -2.09. The number of nitrogen functional groups attached to an aromatic ring is 1. The average Bonchev–Trinajstić information content (AvgIpc) is 2.35. The molecule has 12 heavy (non-hydrogen) atoms. The largest absolute Gasteiger partial charge is 0.381 e. The van der Waals surface area contributed by atoms with Crippen LogP contribution in [0.4, 0.5) is 5.82 Å². The minimum absolute atomic E-state index is 0.370. The van der Waals surface area contributed by atoms with Crippen LogP contribution in [-0.4, -0.2) is 21.6 Å². The van der Waals surface area contributed by atoms with Crippen LogP contribution in [0.1, 0.15) is 13.8 Å². The van der Waals surface area contributed by atoms with E-state index in [2.05, 4.69) is 24.0 Å². The Bertz CT molecular complexity index is 233. The number of hydrogen-bond donors (Lipinski definition) is 1. The average molecular weight is 170 g/mol. The van der Waals surface area contributed by atoms with Crippen LogP contribution in [0.2, 0.25) is 0 Å². The maximum absolute atomic E-state index is 5.36. The summed E-state index contributed by atoms with van der Waals surface area (Å²) < 4.78 is 5.28. The van der Waals surface area contributed by atoms with E-state index in [1.54, 1.807) is 0 Å². The van der Waals surface area contributed by atoms with Crippen LogP contribution in [0.15, 0.2) is 6.20 Å². The lowest BCUT2D eigenvalue weighted by molar-refractivity contribution is 0.0421. The lowest BCUT2D eigenvalue weighted by Gasteiger charge is -2.04. The minimum Gasteiger partial charge on any atom is -0.381 e. The standard InChI is InChI=1S/C7H14N4O/c1-6(2)4-12-5-11-9-3-7(8)10-11/h3,6H,4-5H2,1-2H3,(H2,8,10). The third-order valence-electron chi connectivity index (χ3n) is 1.21. The molecule has 0 unspecified atom stereocenters. The summed E-state index contributed by atoms with van der Waals surface area (Å²) in [5.41, 5.74) is 5.36. The Morgan fingerprint density at radius 2 is 2.42 bits per heavy atom. The van der Waals surface area contributed by atoms with Gasteiger partial charge in [0.25, 0.3) is 0 Å². The van der Waals surface area contributed by atoms with E-state index in [9.17, 15) is 0 Å². The van der Waals surface area contributed by atoms with Crippen molar-refractivity contribution in [3.8, 4) is 0 Å². The lowest BCUT2D eigenvalue weighted by atomic mass is 10.2. The molecule has 2 N–H and O–H groups in total. The number of nitrogens with two attached hydrogens (primary N) is 1. The molecule has 1 aromatic heterocycles. The molecule has 0 spiro atoms. The Kier molecular flexibility index (Phi) is 3.04. The molecule has 0 saturated heterocycles. The van der Waals surface area contributed by atoms with E-state index in [-0.39, 0.29) is 0 Å². The van der Waals surface area contributed by atoms with Gasteiger partial charge in [0.05, 0.1) is 12.8 Å². The Balaban J connectivity index is 2.24. The van der Waals surface area contributed by atoms with Gasteiger partial charge in [-0.05, 0) is 5.92 Å². The van der Waals surface area contributed by atoms with Gasteiger partial charge in [-0.1, -0.05) is 13.8 Å². The molecule has 0 fully saturated rings. The van der Waals surface area contributed by atoms with E-state index in [1.807, 2.05) is 0 Å². The van der Waals surface area contributed by atoms with Crippen molar-refractivity contribution in [2.75, 3.05) is 12.3 Å². The summed E-state index contributed by atoms with van der Waals surface area (Å²) in [5, 5.41) is 7.73. The molecule has 5 heteroatoms. The van der Waals surface area contributed by atoms with Crippen molar-refractivity contribution in [1.82, 2.24) is 15.0 Å². The van der Waals surface area contributed by atoms with Crippen molar-refractivity contribution in [2.24, 2.45) is 5.92 Å². The molecule has 0 radical (unpaired) electrons. The SMILES string of the molecule is CC(C)COCn1ncc(N)n1. The fraction of sp³-hybridized carbons (Fsp3) is 0.714. The Morgan fingerprint density at radius 3 is 2.92 bits per heavy atom. The molecular weight excluding hydrogens is 156 g/mol. The molecule has 0 aromatic carbocycles. The van der Waals surface area contributed by atoms with Crippen molar-refractivity contribution < 1.29 is 4.74 Å². The number of ether oxygens (including phenoxy) is 1. The van der Waals surface area contributed by atoms with Gasteiger partial charge in [-0.2, -0.15) is 9.90 Å². The Hall–Kier alpha value is -1.10. The number of rotatable bonds is 4. The number of hydrogen-bond acceptors (Lipinski definition) is 4. The smallest absolute Gasteiger partial charge is 0.166 e. The first-order valence-corrected chi connectivity index (χ1v) is 3.92. The van der Waals surface area contributed by atoms with Gasteiger partial charge in [-0.25, -0.2) is 0 Å². The highest BCUT2D eigenvalue weighted by atomic mass is 16.5. The van der Waals surface area contributed by atoms with E-state index in [0.29, 0.717) is 25.1 Å². The van der Waals surface area contributed by atoms with E-state index >= 15 is 0 Å². The summed E-state index contributed by atoms with van der Waals surface area (Å²) in [4.78, 5) is 1.43. The van der Waals surface area contributed by atoms with Crippen molar-refractivity contribution in [3.05, 3.63) is 6.20 Å². The highest BCUT2D eigenvalue weighted by Gasteiger charge is 1.97. The van der Waals surface area contributed by atoms with Gasteiger partial charge in [0, 0.05) is 0 Å². The van der Waals surface area contributed by atoms with Crippen molar-refractivity contribution in [1.29, 1.82) is 0 Å². The molecule has 68 valence electrons. The van der Waals surface area contributed by atoms with Crippen LogP contribution in [0.25, 0.3) is 0 Å². The highest BCUT2D eigenvalue weighted by Crippen LogP contribution is 1.95. The third-order valence-corrected chi connectivity index (χ3v) is 1.21. The topological polar surface area (TPSA) is 66.0 Å². The van der Waals surface area contributed by atoms with Crippen LogP contribution in [0.5, 0.6) is 0 Å². The molecule has 5 nitrogen and oxygen atoms in total. The van der Waals surface area contributed by atoms with Gasteiger partial charge >= 0.3 is 0 Å². The first-order valence-electron chi connectivity index (χ1n) is 3.92. The van der Waals surface area contributed by atoms with Crippen molar-refractivity contribution in [3.63, 3.8) is 0 Å². The number of aromatic nitrogens is 3. The van der Waals surface area contributed by atoms with Gasteiger partial charge < -0.3 is 10.5 Å². The van der Waals surface area contributed by atoms with Crippen LogP contribution in [-0.2, 0) is 11.5 Å². The number of anilines is 1. The third kappa shape index (κ3) is 2.87. The molecule has 1 aromatic rings. The molecule has 0 aliphatic heterocycles. The zero-order valence-electron chi connectivity index (χ0n) is 7.40.